The van der Waals surface area contributed by atoms with Gasteiger partial charge in [-0.25, -0.2) is 14.4 Å². The van der Waals surface area contributed by atoms with E-state index in [-0.39, 0.29) is 43.1 Å². The fourth-order valence-electron chi connectivity index (χ4n) is 6.36. The van der Waals surface area contributed by atoms with Gasteiger partial charge in [0.05, 0.1) is 6.10 Å². The molecule has 15 nitrogen and oxygen atoms in total. The highest BCUT2D eigenvalue weighted by atomic mass is 16.6. The molecule has 2 aliphatic rings. The monoisotopic (exact) mass is 727 g/mol. The summed E-state index contributed by atoms with van der Waals surface area (Å²) in [6, 6.07) is 22.7. The minimum Gasteiger partial charge on any atom is -0.482 e. The average Bonchev–Trinajstić information content (AvgIpc) is 3.16. The van der Waals surface area contributed by atoms with E-state index in [0.717, 1.165) is 11.1 Å². The van der Waals surface area contributed by atoms with Gasteiger partial charge in [0.2, 0.25) is 0 Å². The minimum atomic E-state index is -1.48. The maximum atomic E-state index is 13.2. The number of benzene rings is 2. The maximum Gasteiger partial charge on any atom is 0.407 e. The number of fused-ring (bicyclic) bond motifs is 2. The number of alkyl carbamates (subject to hydrolysis) is 2. The highest BCUT2D eigenvalue weighted by molar-refractivity contribution is 5.79. The third kappa shape index (κ3) is 8.99. The molecule has 0 spiro atoms. The number of aliphatic hydroxyl groups excluding tert-OH is 1. The van der Waals surface area contributed by atoms with Crippen molar-refractivity contribution in [3.8, 4) is 17.1 Å². The zero-order valence-electron chi connectivity index (χ0n) is 28.6. The molecule has 2 aromatic heterocycles. The summed E-state index contributed by atoms with van der Waals surface area (Å²) in [5, 5.41) is 16.3. The highest BCUT2D eigenvalue weighted by Crippen LogP contribution is 2.51. The number of hydrogen-bond donors (Lipinski definition) is 3. The first-order valence-corrected chi connectivity index (χ1v) is 16.8. The summed E-state index contributed by atoms with van der Waals surface area (Å²) in [6.45, 7) is 0.488. The molecule has 1 fully saturated rings. The summed E-state index contributed by atoms with van der Waals surface area (Å²) in [4.78, 5) is 67.9. The summed E-state index contributed by atoms with van der Waals surface area (Å²) >= 11 is 0. The molecule has 4 aromatic rings. The second-order valence-electron chi connectivity index (χ2n) is 12.6. The molecule has 3 N–H and O–H groups in total. The van der Waals surface area contributed by atoms with Crippen LogP contribution in [-0.2, 0) is 41.8 Å². The first-order chi connectivity index (χ1) is 25.6. The van der Waals surface area contributed by atoms with E-state index in [1.807, 2.05) is 12.1 Å². The number of ether oxygens (including phenoxy) is 5. The van der Waals surface area contributed by atoms with Crippen LogP contribution in [0.25, 0.3) is 11.3 Å². The summed E-state index contributed by atoms with van der Waals surface area (Å²) < 4.78 is 33.7. The van der Waals surface area contributed by atoms with Crippen LogP contribution in [0.2, 0.25) is 0 Å². The van der Waals surface area contributed by atoms with Crippen LogP contribution in [0.5, 0.6) is 5.75 Å². The SMILES string of the molecule is C[C@]12Oc3cc(-c4cccnc4)oc(=O)c3[C@H](O)[C@H]1C[C@H](OC(=O)CNC(=O)OCc1ccccc1)C[C@@H]2OC(=O)CNC(=O)OCc1ccccc1. The Morgan fingerprint density at radius 1 is 0.849 bits per heavy atom. The Morgan fingerprint density at radius 2 is 1.45 bits per heavy atom. The van der Waals surface area contributed by atoms with Crippen LogP contribution in [0.15, 0.2) is 100 Å². The van der Waals surface area contributed by atoms with Gasteiger partial charge in [-0.15, -0.1) is 0 Å². The number of rotatable bonds is 11. The normalized spacial score (nSPS) is 21.4. The van der Waals surface area contributed by atoms with Crippen molar-refractivity contribution in [2.75, 3.05) is 13.1 Å². The van der Waals surface area contributed by atoms with Crippen LogP contribution < -0.4 is 21.0 Å². The number of pyridine rings is 1. The fraction of sp³-hybridized carbons (Fsp3) is 0.316. The largest absolute Gasteiger partial charge is 0.482 e. The average molecular weight is 728 g/mol. The molecule has 1 saturated carbocycles. The van der Waals surface area contributed by atoms with Crippen molar-refractivity contribution in [2.45, 2.75) is 56.9 Å². The van der Waals surface area contributed by atoms with Gasteiger partial charge in [0, 0.05) is 36.4 Å². The summed E-state index contributed by atoms with van der Waals surface area (Å²) in [5.74, 6) is -2.48. The number of aromatic nitrogens is 1. The number of esters is 2. The topological polar surface area (TPSA) is 202 Å². The first-order valence-electron chi connectivity index (χ1n) is 16.8. The highest BCUT2D eigenvalue weighted by Gasteiger charge is 2.58. The van der Waals surface area contributed by atoms with Gasteiger partial charge in [-0.3, -0.25) is 14.6 Å². The van der Waals surface area contributed by atoms with Crippen molar-refractivity contribution >= 4 is 24.1 Å². The minimum absolute atomic E-state index is 0.00561. The quantitative estimate of drug-likeness (QED) is 0.148. The van der Waals surface area contributed by atoms with E-state index in [9.17, 15) is 29.1 Å². The Kier molecular flexibility index (Phi) is 11.3. The molecule has 1 aliphatic heterocycles. The maximum absolute atomic E-state index is 13.2. The van der Waals surface area contributed by atoms with Crippen molar-refractivity contribution in [3.05, 3.63) is 118 Å². The molecule has 0 saturated heterocycles. The molecular formula is C38H37N3O12. The van der Waals surface area contributed by atoms with Crippen LogP contribution in [0, 0.1) is 5.92 Å². The second-order valence-corrected chi connectivity index (χ2v) is 12.6. The lowest BCUT2D eigenvalue weighted by molar-refractivity contribution is -0.204. The lowest BCUT2D eigenvalue weighted by Gasteiger charge is -2.52. The molecule has 2 aromatic carbocycles. The second kappa shape index (κ2) is 16.4. The van der Waals surface area contributed by atoms with Crippen molar-refractivity contribution in [1.29, 1.82) is 0 Å². The predicted octanol–water partition coefficient (Wildman–Crippen LogP) is 3.97. The molecule has 0 unspecified atom stereocenters. The van der Waals surface area contributed by atoms with Crippen molar-refractivity contribution in [1.82, 2.24) is 15.6 Å². The summed E-state index contributed by atoms with van der Waals surface area (Å²) in [5.41, 5.74) is -0.451. The van der Waals surface area contributed by atoms with Crippen LogP contribution in [0.1, 0.15) is 42.6 Å². The Morgan fingerprint density at radius 3 is 2.04 bits per heavy atom. The third-order valence-electron chi connectivity index (χ3n) is 9.02. The van der Waals surface area contributed by atoms with E-state index in [2.05, 4.69) is 15.6 Å². The van der Waals surface area contributed by atoms with Crippen molar-refractivity contribution in [2.24, 2.45) is 5.92 Å². The fourth-order valence-corrected chi connectivity index (χ4v) is 6.36. The van der Waals surface area contributed by atoms with Crippen molar-refractivity contribution < 1.29 is 52.4 Å². The number of aliphatic hydroxyl groups is 1. The molecule has 0 bridgehead atoms. The van der Waals surface area contributed by atoms with Crippen molar-refractivity contribution in [3.63, 3.8) is 0 Å². The molecule has 15 heteroatoms. The molecule has 276 valence electrons. The third-order valence-corrected chi connectivity index (χ3v) is 9.02. The molecule has 1 aliphatic carbocycles. The lowest BCUT2D eigenvalue weighted by atomic mass is 9.67. The van der Waals surface area contributed by atoms with Gasteiger partial charge in [0.15, 0.2) is 0 Å². The van der Waals surface area contributed by atoms with Crippen LogP contribution >= 0.6 is 0 Å². The molecule has 3 heterocycles. The Labute approximate surface area is 303 Å². The zero-order valence-corrected chi connectivity index (χ0v) is 28.6. The van der Waals surface area contributed by atoms with E-state index in [1.165, 1.54) is 12.3 Å². The number of nitrogens with one attached hydrogen (secondary N) is 2. The Bertz CT molecular complexity index is 1970. The van der Waals surface area contributed by atoms with Gasteiger partial charge < -0.3 is 43.8 Å². The van der Waals surface area contributed by atoms with Gasteiger partial charge in [-0.1, -0.05) is 60.7 Å². The molecule has 53 heavy (non-hydrogen) atoms. The van der Waals surface area contributed by atoms with E-state index in [4.69, 9.17) is 28.1 Å². The molecular weight excluding hydrogens is 690 g/mol. The number of carbonyl (C=O) groups is 4. The zero-order chi connectivity index (χ0) is 37.4. The van der Waals surface area contributed by atoms with E-state index >= 15 is 0 Å². The number of hydrogen-bond acceptors (Lipinski definition) is 13. The predicted molar refractivity (Wildman–Crippen MR) is 184 cm³/mol. The standard InChI is InChI=1S/C38H37N3O12/c1-38-27(34(44)33-29(53-38)17-28(51-35(33)45)25-13-8-14-39-18-25)15-26(50-31(42)19-40-36(46)48-21-23-9-4-2-5-10-23)16-30(38)52-32(43)20-41-37(47)49-22-24-11-6-3-7-12-24/h2-14,17-18,26-27,30,34,44H,15-16,19-22H2,1H3,(H,40,46)(H,41,47)/t26-,27+,30-,34+,38-/m0/s1. The molecule has 2 amide bonds. The van der Waals surface area contributed by atoms with Gasteiger partial charge >= 0.3 is 29.8 Å². The van der Waals surface area contributed by atoms with Gasteiger partial charge in [0.25, 0.3) is 0 Å². The Balaban J connectivity index is 1.15. The van der Waals surface area contributed by atoms with E-state index in [1.54, 1.807) is 73.8 Å². The molecule has 5 atom stereocenters. The lowest BCUT2D eigenvalue weighted by Crippen LogP contribution is -2.62. The van der Waals surface area contributed by atoms with Crippen LogP contribution in [0.4, 0.5) is 9.59 Å². The number of amides is 2. The Hall–Kier alpha value is -6.22. The molecule has 0 radical (unpaired) electrons. The van der Waals surface area contributed by atoms with Crippen LogP contribution in [0.3, 0.4) is 0 Å². The number of nitrogens with zero attached hydrogens (tertiary/aromatic N) is 1. The first kappa shape index (κ1) is 36.6. The van der Waals surface area contributed by atoms with Gasteiger partial charge in [-0.05, 0) is 36.6 Å². The summed E-state index contributed by atoms with van der Waals surface area (Å²) in [7, 11) is 0. The van der Waals surface area contributed by atoms with Crippen LogP contribution in [-0.4, -0.2) is 65.1 Å². The number of carbonyl (C=O) groups excluding carboxylic acids is 4. The van der Waals surface area contributed by atoms with Gasteiger partial charge in [0.1, 0.15) is 61.2 Å². The van der Waals surface area contributed by atoms with Gasteiger partial charge in [-0.2, -0.15) is 0 Å². The molecule has 6 rings (SSSR count). The van der Waals surface area contributed by atoms with E-state index in [0.29, 0.717) is 5.56 Å². The van der Waals surface area contributed by atoms with E-state index < -0.39 is 72.7 Å². The smallest absolute Gasteiger partial charge is 0.407 e. The summed E-state index contributed by atoms with van der Waals surface area (Å²) in [6.07, 6.45) is -2.33.